The predicted octanol–water partition coefficient (Wildman–Crippen LogP) is 3.01. The molecular formula is C15H18O7. The van der Waals surface area contributed by atoms with Gasteiger partial charge in [-0.25, -0.2) is 14.6 Å². The van der Waals surface area contributed by atoms with Crippen LogP contribution in [0.3, 0.4) is 0 Å². The number of carbonyl (C=O) groups excluding carboxylic acids is 2. The average Bonchev–Trinajstić information content (AvgIpc) is 2.51. The standard InChI is InChI=1S/C15H18O7/c1-5-18-14(17)21-20-13(16)11(2)19-22-15(3,4)12-9-7-6-8-10-12/h6-10H,2,5H2,1,3-4H3. The van der Waals surface area contributed by atoms with E-state index in [0.29, 0.717) is 0 Å². The molecule has 22 heavy (non-hydrogen) atoms. The lowest BCUT2D eigenvalue weighted by molar-refractivity contribution is -0.335. The van der Waals surface area contributed by atoms with Crippen LogP contribution in [0.2, 0.25) is 0 Å². The summed E-state index contributed by atoms with van der Waals surface area (Å²) in [5, 5.41) is 0. The lowest BCUT2D eigenvalue weighted by Crippen LogP contribution is -2.23. The van der Waals surface area contributed by atoms with Gasteiger partial charge in [-0.3, -0.25) is 0 Å². The quantitative estimate of drug-likeness (QED) is 0.263. The predicted molar refractivity (Wildman–Crippen MR) is 75.0 cm³/mol. The van der Waals surface area contributed by atoms with Crippen LogP contribution in [0.4, 0.5) is 4.79 Å². The van der Waals surface area contributed by atoms with Gasteiger partial charge in [0.1, 0.15) is 5.60 Å². The highest BCUT2D eigenvalue weighted by atomic mass is 17.3. The Balaban J connectivity index is 2.45. The van der Waals surface area contributed by atoms with Gasteiger partial charge in [-0.2, -0.15) is 9.68 Å². The Labute approximate surface area is 128 Å². The normalized spacial score (nSPS) is 10.5. The zero-order chi connectivity index (χ0) is 16.6. The molecule has 0 radical (unpaired) electrons. The Morgan fingerprint density at radius 2 is 1.73 bits per heavy atom. The topological polar surface area (TPSA) is 80.3 Å². The van der Waals surface area contributed by atoms with Gasteiger partial charge in [-0.05, 0) is 32.9 Å². The van der Waals surface area contributed by atoms with E-state index in [9.17, 15) is 9.59 Å². The fraction of sp³-hybridized carbons (Fsp3) is 0.333. The van der Waals surface area contributed by atoms with E-state index in [1.165, 1.54) is 0 Å². The van der Waals surface area contributed by atoms with Crippen molar-refractivity contribution in [2.24, 2.45) is 0 Å². The Bertz CT molecular complexity index is 522. The van der Waals surface area contributed by atoms with Crippen molar-refractivity contribution >= 4 is 12.1 Å². The van der Waals surface area contributed by atoms with E-state index in [0.717, 1.165) is 5.56 Å². The molecule has 1 aromatic rings. The van der Waals surface area contributed by atoms with Crippen LogP contribution < -0.4 is 0 Å². The monoisotopic (exact) mass is 310 g/mol. The first-order valence-corrected chi connectivity index (χ1v) is 6.52. The van der Waals surface area contributed by atoms with Crippen LogP contribution in [0.15, 0.2) is 42.7 Å². The molecule has 7 nitrogen and oxygen atoms in total. The maximum atomic E-state index is 11.4. The van der Waals surface area contributed by atoms with E-state index >= 15 is 0 Å². The third kappa shape index (κ3) is 5.45. The first-order chi connectivity index (χ1) is 10.4. The molecule has 7 heteroatoms. The zero-order valence-electron chi connectivity index (χ0n) is 12.7. The van der Waals surface area contributed by atoms with E-state index in [4.69, 9.17) is 9.78 Å². The minimum absolute atomic E-state index is 0.0855. The summed E-state index contributed by atoms with van der Waals surface area (Å²) in [4.78, 5) is 40.5. The second-order valence-corrected chi connectivity index (χ2v) is 4.60. The molecule has 0 unspecified atom stereocenters. The number of hydrogen-bond acceptors (Lipinski definition) is 7. The Morgan fingerprint density at radius 3 is 2.32 bits per heavy atom. The van der Waals surface area contributed by atoms with Crippen molar-refractivity contribution < 1.29 is 33.9 Å². The second-order valence-electron chi connectivity index (χ2n) is 4.60. The molecule has 0 saturated carbocycles. The lowest BCUT2D eigenvalue weighted by atomic mass is 9.99. The Hall–Kier alpha value is -2.54. The Morgan fingerprint density at radius 1 is 1.09 bits per heavy atom. The van der Waals surface area contributed by atoms with Gasteiger partial charge in [0.2, 0.25) is 5.76 Å². The van der Waals surface area contributed by atoms with E-state index in [2.05, 4.69) is 21.1 Å². The van der Waals surface area contributed by atoms with Gasteiger partial charge < -0.3 is 9.62 Å². The van der Waals surface area contributed by atoms with E-state index in [1.807, 2.05) is 30.3 Å². The van der Waals surface area contributed by atoms with Crippen molar-refractivity contribution in [3.63, 3.8) is 0 Å². The number of carbonyl (C=O) groups is 2. The van der Waals surface area contributed by atoms with Crippen LogP contribution in [-0.4, -0.2) is 18.7 Å². The summed E-state index contributed by atoms with van der Waals surface area (Å²) in [7, 11) is 0. The molecule has 0 spiro atoms. The van der Waals surface area contributed by atoms with Crippen LogP contribution in [-0.2, 0) is 34.7 Å². The molecule has 0 saturated heterocycles. The molecule has 1 rings (SSSR count). The molecule has 0 atom stereocenters. The largest absolute Gasteiger partial charge is 0.549 e. The summed E-state index contributed by atoms with van der Waals surface area (Å²) in [6, 6.07) is 9.24. The fourth-order valence-electron chi connectivity index (χ4n) is 1.34. The summed E-state index contributed by atoms with van der Waals surface area (Å²) in [6.07, 6.45) is -1.14. The number of hydrogen-bond donors (Lipinski definition) is 0. The number of benzene rings is 1. The molecule has 0 aliphatic rings. The summed E-state index contributed by atoms with van der Waals surface area (Å²) in [5.41, 5.74) is 0.00545. The average molecular weight is 310 g/mol. The molecule has 120 valence electrons. The van der Waals surface area contributed by atoms with Crippen LogP contribution in [0.1, 0.15) is 26.3 Å². The first-order valence-electron chi connectivity index (χ1n) is 6.52. The van der Waals surface area contributed by atoms with Crippen molar-refractivity contribution in [2.75, 3.05) is 6.61 Å². The van der Waals surface area contributed by atoms with Gasteiger partial charge in [-0.15, -0.1) is 0 Å². The molecule has 0 amide bonds. The smallest absolute Gasteiger partial charge is 0.432 e. The molecule has 0 aromatic heterocycles. The highest BCUT2D eigenvalue weighted by molar-refractivity contribution is 5.85. The van der Waals surface area contributed by atoms with Gasteiger partial charge in [0.25, 0.3) is 0 Å². The summed E-state index contributed by atoms with van der Waals surface area (Å²) in [6.45, 7) is 8.47. The maximum Gasteiger partial charge on any atom is 0.549 e. The second kappa shape index (κ2) is 8.04. The maximum absolute atomic E-state index is 11.4. The molecule has 1 aromatic carbocycles. The molecule has 0 N–H and O–H groups in total. The van der Waals surface area contributed by atoms with Crippen molar-refractivity contribution in [1.29, 1.82) is 0 Å². The van der Waals surface area contributed by atoms with E-state index < -0.39 is 23.5 Å². The highest BCUT2D eigenvalue weighted by Gasteiger charge is 2.25. The van der Waals surface area contributed by atoms with Gasteiger partial charge in [0, 0.05) is 0 Å². The summed E-state index contributed by atoms with van der Waals surface area (Å²) in [5.74, 6) is -1.59. The van der Waals surface area contributed by atoms with Gasteiger partial charge in [-0.1, -0.05) is 30.3 Å². The van der Waals surface area contributed by atoms with Crippen LogP contribution in [0.5, 0.6) is 0 Å². The molecule has 0 heterocycles. The van der Waals surface area contributed by atoms with Crippen LogP contribution >= 0.6 is 0 Å². The Kier molecular flexibility index (Phi) is 6.40. The van der Waals surface area contributed by atoms with Crippen molar-refractivity contribution in [1.82, 2.24) is 0 Å². The number of ether oxygens (including phenoxy) is 1. The van der Waals surface area contributed by atoms with Gasteiger partial charge >= 0.3 is 12.1 Å². The lowest BCUT2D eigenvalue weighted by Gasteiger charge is -2.23. The molecule has 0 fully saturated rings. The van der Waals surface area contributed by atoms with Crippen molar-refractivity contribution in [3.05, 3.63) is 48.2 Å². The highest BCUT2D eigenvalue weighted by Crippen LogP contribution is 2.25. The van der Waals surface area contributed by atoms with Crippen LogP contribution in [0, 0.1) is 0 Å². The van der Waals surface area contributed by atoms with Crippen LogP contribution in [0.25, 0.3) is 0 Å². The number of rotatable bonds is 6. The van der Waals surface area contributed by atoms with Crippen molar-refractivity contribution in [2.45, 2.75) is 26.4 Å². The third-order valence-corrected chi connectivity index (χ3v) is 2.49. The first kappa shape index (κ1) is 17.5. The molecule has 0 bridgehead atoms. The molecular weight excluding hydrogens is 292 g/mol. The third-order valence-electron chi connectivity index (χ3n) is 2.49. The van der Waals surface area contributed by atoms with E-state index in [-0.39, 0.29) is 6.61 Å². The minimum atomic E-state index is -1.14. The summed E-state index contributed by atoms with van der Waals surface area (Å²) >= 11 is 0. The van der Waals surface area contributed by atoms with Crippen molar-refractivity contribution in [3.8, 4) is 0 Å². The SMILES string of the molecule is C=C(OOC(C)(C)c1ccccc1)C(=O)OOC(=O)OCC. The fourth-order valence-corrected chi connectivity index (χ4v) is 1.34. The summed E-state index contributed by atoms with van der Waals surface area (Å²) < 4.78 is 4.40. The molecule has 0 aliphatic carbocycles. The van der Waals surface area contributed by atoms with Gasteiger partial charge in [0.05, 0.1) is 6.61 Å². The van der Waals surface area contributed by atoms with Gasteiger partial charge in [0.15, 0.2) is 0 Å². The van der Waals surface area contributed by atoms with E-state index in [1.54, 1.807) is 20.8 Å². The zero-order valence-corrected chi connectivity index (χ0v) is 12.7. The minimum Gasteiger partial charge on any atom is -0.432 e. The molecule has 0 aliphatic heterocycles.